The molecule has 1 aromatic carbocycles. The van der Waals surface area contributed by atoms with Gasteiger partial charge in [0.2, 0.25) is 0 Å². The van der Waals surface area contributed by atoms with Gasteiger partial charge in [0.15, 0.2) is 0 Å². The highest BCUT2D eigenvalue weighted by atomic mass is 79.9. The standard InChI is InChI=1S/C11H10BrClN2O2S/c1-6-9(12)10(16)15(18-6)11(17)14-8-4-2-3-7(13)5-8/h2-6,9H,1H3,(H,14,17). The molecular weight excluding hydrogens is 340 g/mol. The van der Waals surface area contributed by atoms with Crippen LogP contribution in [0, 0.1) is 0 Å². The summed E-state index contributed by atoms with van der Waals surface area (Å²) in [5, 5.41) is 3.19. The minimum absolute atomic E-state index is 0.0302. The third-order valence-electron chi connectivity index (χ3n) is 2.38. The predicted octanol–water partition coefficient (Wildman–Crippen LogP) is 3.51. The zero-order valence-corrected chi connectivity index (χ0v) is 12.6. The molecule has 1 aromatic rings. The number of rotatable bonds is 1. The Kier molecular flexibility index (Phi) is 4.19. The Bertz CT molecular complexity index is 500. The third-order valence-corrected chi connectivity index (χ3v) is 5.31. The van der Waals surface area contributed by atoms with Crippen molar-refractivity contribution in [1.29, 1.82) is 0 Å². The van der Waals surface area contributed by atoms with Crippen LogP contribution >= 0.6 is 39.5 Å². The van der Waals surface area contributed by atoms with Crippen molar-refractivity contribution in [2.24, 2.45) is 0 Å². The van der Waals surface area contributed by atoms with Crippen LogP contribution in [0.3, 0.4) is 0 Å². The van der Waals surface area contributed by atoms with E-state index in [1.807, 2.05) is 6.92 Å². The van der Waals surface area contributed by atoms with E-state index in [1.54, 1.807) is 24.3 Å². The fraction of sp³-hybridized carbons (Fsp3) is 0.273. The van der Waals surface area contributed by atoms with E-state index in [9.17, 15) is 9.59 Å². The Labute approximate surface area is 122 Å². The van der Waals surface area contributed by atoms with Crippen LogP contribution in [-0.4, -0.2) is 26.3 Å². The molecule has 0 saturated carbocycles. The SMILES string of the molecule is CC1SN(C(=O)Nc2cccc(Cl)c2)C(=O)C1Br. The second kappa shape index (κ2) is 5.50. The quantitative estimate of drug-likeness (QED) is 0.623. The fourth-order valence-corrected chi connectivity index (χ4v) is 3.21. The average Bonchev–Trinajstić information content (AvgIpc) is 2.57. The molecule has 4 nitrogen and oxygen atoms in total. The van der Waals surface area contributed by atoms with Gasteiger partial charge < -0.3 is 5.32 Å². The highest BCUT2D eigenvalue weighted by molar-refractivity contribution is 9.10. The summed E-state index contributed by atoms with van der Waals surface area (Å²) in [5.41, 5.74) is 0.562. The van der Waals surface area contributed by atoms with Gasteiger partial charge in [-0.15, -0.1) is 0 Å². The summed E-state index contributed by atoms with van der Waals surface area (Å²) >= 11 is 10.3. The minimum Gasteiger partial charge on any atom is -0.307 e. The monoisotopic (exact) mass is 348 g/mol. The second-order valence-corrected chi connectivity index (χ2v) is 6.53. The van der Waals surface area contributed by atoms with Gasteiger partial charge >= 0.3 is 6.03 Å². The van der Waals surface area contributed by atoms with Crippen LogP contribution in [0.4, 0.5) is 10.5 Å². The van der Waals surface area contributed by atoms with Gasteiger partial charge in [0.1, 0.15) is 4.83 Å². The average molecular weight is 350 g/mol. The fourth-order valence-electron chi connectivity index (χ4n) is 1.47. The molecular formula is C11H10BrClN2O2S. The first kappa shape index (κ1) is 13.7. The van der Waals surface area contributed by atoms with Crippen LogP contribution in [0.25, 0.3) is 0 Å². The summed E-state index contributed by atoms with van der Waals surface area (Å²) in [7, 11) is 0. The molecule has 2 unspecified atom stereocenters. The molecule has 1 heterocycles. The van der Waals surface area contributed by atoms with E-state index in [1.165, 1.54) is 11.9 Å². The minimum atomic E-state index is -0.457. The summed E-state index contributed by atoms with van der Waals surface area (Å²) in [5.74, 6) is -0.243. The van der Waals surface area contributed by atoms with E-state index in [2.05, 4.69) is 21.2 Å². The number of amides is 3. The van der Waals surface area contributed by atoms with Crippen LogP contribution in [0.15, 0.2) is 24.3 Å². The molecule has 1 aliphatic heterocycles. The highest BCUT2D eigenvalue weighted by Gasteiger charge is 2.40. The van der Waals surface area contributed by atoms with Crippen LogP contribution in [0.2, 0.25) is 5.02 Å². The first-order valence-corrected chi connectivity index (χ1v) is 7.33. The lowest BCUT2D eigenvalue weighted by Gasteiger charge is -2.13. The molecule has 1 aliphatic rings. The summed E-state index contributed by atoms with van der Waals surface area (Å²) in [6, 6.07) is 6.32. The molecule has 2 atom stereocenters. The maximum Gasteiger partial charge on any atom is 0.338 e. The van der Waals surface area contributed by atoms with E-state index in [0.717, 1.165) is 4.31 Å². The largest absolute Gasteiger partial charge is 0.338 e. The Morgan fingerprint density at radius 2 is 2.28 bits per heavy atom. The number of benzene rings is 1. The number of alkyl halides is 1. The third kappa shape index (κ3) is 2.81. The second-order valence-electron chi connectivity index (χ2n) is 3.79. The number of hydrogen-bond donors (Lipinski definition) is 1. The molecule has 3 amide bonds. The van der Waals surface area contributed by atoms with Gasteiger partial charge in [0, 0.05) is 16.0 Å². The number of nitrogens with one attached hydrogen (secondary N) is 1. The summed E-state index contributed by atoms with van der Waals surface area (Å²) in [6.45, 7) is 1.88. The molecule has 2 rings (SSSR count). The van der Waals surface area contributed by atoms with E-state index in [4.69, 9.17) is 11.6 Å². The molecule has 1 saturated heterocycles. The van der Waals surface area contributed by atoms with Gasteiger partial charge in [-0.25, -0.2) is 9.10 Å². The first-order chi connectivity index (χ1) is 8.49. The number of carbonyl (C=O) groups is 2. The smallest absolute Gasteiger partial charge is 0.307 e. The Morgan fingerprint density at radius 3 is 2.83 bits per heavy atom. The number of nitrogens with zero attached hydrogens (tertiary/aromatic N) is 1. The van der Waals surface area contributed by atoms with Gasteiger partial charge in [-0.2, -0.15) is 0 Å². The molecule has 0 aromatic heterocycles. The molecule has 0 aliphatic carbocycles. The number of imide groups is 1. The van der Waals surface area contributed by atoms with Crippen molar-refractivity contribution in [3.05, 3.63) is 29.3 Å². The van der Waals surface area contributed by atoms with E-state index in [-0.39, 0.29) is 16.0 Å². The van der Waals surface area contributed by atoms with E-state index < -0.39 is 6.03 Å². The Morgan fingerprint density at radius 1 is 1.56 bits per heavy atom. The Balaban J connectivity index is 2.07. The van der Waals surface area contributed by atoms with Crippen molar-refractivity contribution in [2.75, 3.05) is 5.32 Å². The zero-order chi connectivity index (χ0) is 13.3. The summed E-state index contributed by atoms with van der Waals surface area (Å²) in [6.07, 6.45) is 0. The van der Waals surface area contributed by atoms with Crippen molar-refractivity contribution < 1.29 is 9.59 Å². The molecule has 1 N–H and O–H groups in total. The lowest BCUT2D eigenvalue weighted by Crippen LogP contribution is -2.33. The molecule has 1 fully saturated rings. The van der Waals surface area contributed by atoms with E-state index in [0.29, 0.717) is 10.7 Å². The van der Waals surface area contributed by atoms with Crippen LogP contribution in [0.1, 0.15) is 6.92 Å². The molecule has 0 radical (unpaired) electrons. The first-order valence-electron chi connectivity index (χ1n) is 5.20. The Hall–Kier alpha value is -0.720. The number of carbonyl (C=O) groups excluding carboxylic acids is 2. The van der Waals surface area contributed by atoms with Crippen LogP contribution < -0.4 is 5.32 Å². The van der Waals surface area contributed by atoms with Crippen molar-refractivity contribution in [1.82, 2.24) is 4.31 Å². The van der Waals surface area contributed by atoms with Crippen molar-refractivity contribution >= 4 is 57.1 Å². The van der Waals surface area contributed by atoms with Gasteiger partial charge in [-0.3, -0.25) is 4.79 Å². The molecule has 0 spiro atoms. The van der Waals surface area contributed by atoms with Gasteiger partial charge in [0.05, 0.1) is 0 Å². The molecule has 7 heteroatoms. The molecule has 18 heavy (non-hydrogen) atoms. The van der Waals surface area contributed by atoms with E-state index >= 15 is 0 Å². The summed E-state index contributed by atoms with van der Waals surface area (Å²) in [4.78, 5) is 23.4. The maximum atomic E-state index is 11.9. The van der Waals surface area contributed by atoms with Crippen molar-refractivity contribution in [3.63, 3.8) is 0 Å². The van der Waals surface area contributed by atoms with Crippen molar-refractivity contribution in [2.45, 2.75) is 17.0 Å². The molecule has 0 bridgehead atoms. The summed E-state index contributed by atoms with van der Waals surface area (Å²) < 4.78 is 1.13. The number of hydrogen-bond acceptors (Lipinski definition) is 3. The van der Waals surface area contributed by atoms with Gasteiger partial charge in [-0.1, -0.05) is 33.6 Å². The number of urea groups is 1. The normalized spacial score (nSPS) is 23.3. The topological polar surface area (TPSA) is 49.4 Å². The zero-order valence-electron chi connectivity index (χ0n) is 9.39. The predicted molar refractivity (Wildman–Crippen MR) is 77.1 cm³/mol. The lowest BCUT2D eigenvalue weighted by molar-refractivity contribution is -0.122. The highest BCUT2D eigenvalue weighted by Crippen LogP contribution is 2.34. The lowest BCUT2D eigenvalue weighted by atomic mass is 10.3. The van der Waals surface area contributed by atoms with Crippen LogP contribution in [0.5, 0.6) is 0 Å². The number of halogens is 2. The van der Waals surface area contributed by atoms with Crippen LogP contribution in [-0.2, 0) is 4.79 Å². The van der Waals surface area contributed by atoms with Crippen molar-refractivity contribution in [3.8, 4) is 0 Å². The maximum absolute atomic E-state index is 11.9. The molecule has 96 valence electrons. The number of anilines is 1. The van der Waals surface area contributed by atoms with Gasteiger partial charge in [0.25, 0.3) is 5.91 Å². The van der Waals surface area contributed by atoms with Gasteiger partial charge in [-0.05, 0) is 37.1 Å².